The Morgan fingerprint density at radius 3 is 2.37 bits per heavy atom. The number of amides is 1. The molecule has 7 heteroatoms. The van der Waals surface area contributed by atoms with Crippen LogP contribution in [0.2, 0.25) is 0 Å². The van der Waals surface area contributed by atoms with E-state index in [2.05, 4.69) is 55.3 Å². The SMILES string of the molecule is CC(C)c1cccc(C(C)C)c1NC(=O)CSc1nnc(-c2ccco2)o1. The molecule has 3 aromatic rings. The molecule has 27 heavy (non-hydrogen) atoms. The number of rotatable bonds is 7. The molecule has 0 unspecified atom stereocenters. The van der Waals surface area contributed by atoms with Crippen molar-refractivity contribution in [3.63, 3.8) is 0 Å². The van der Waals surface area contributed by atoms with Gasteiger partial charge in [-0.3, -0.25) is 4.79 Å². The van der Waals surface area contributed by atoms with Gasteiger partial charge in [0, 0.05) is 5.69 Å². The van der Waals surface area contributed by atoms with Gasteiger partial charge >= 0.3 is 0 Å². The Kier molecular flexibility index (Phi) is 6.01. The van der Waals surface area contributed by atoms with Gasteiger partial charge in [0.15, 0.2) is 5.76 Å². The highest BCUT2D eigenvalue weighted by atomic mass is 32.2. The van der Waals surface area contributed by atoms with Crippen molar-refractivity contribution in [2.45, 2.75) is 44.8 Å². The summed E-state index contributed by atoms with van der Waals surface area (Å²) in [5, 5.41) is 11.3. The molecule has 1 N–H and O–H groups in total. The van der Waals surface area contributed by atoms with Gasteiger partial charge in [0.05, 0.1) is 12.0 Å². The number of hydrogen-bond donors (Lipinski definition) is 1. The first-order valence-electron chi connectivity index (χ1n) is 8.88. The van der Waals surface area contributed by atoms with E-state index in [1.807, 2.05) is 6.07 Å². The molecular formula is C20H23N3O3S. The second-order valence-electron chi connectivity index (χ2n) is 6.81. The number of furan rings is 1. The fraction of sp³-hybridized carbons (Fsp3) is 0.350. The van der Waals surface area contributed by atoms with Gasteiger partial charge in [-0.1, -0.05) is 57.7 Å². The Hall–Kier alpha value is -2.54. The summed E-state index contributed by atoms with van der Waals surface area (Å²) >= 11 is 1.20. The number of carbonyl (C=O) groups is 1. The summed E-state index contributed by atoms with van der Waals surface area (Å²) in [6.07, 6.45) is 1.54. The third-order valence-electron chi connectivity index (χ3n) is 4.10. The van der Waals surface area contributed by atoms with Crippen LogP contribution in [0.3, 0.4) is 0 Å². The van der Waals surface area contributed by atoms with Gasteiger partial charge in [0.25, 0.3) is 11.1 Å². The Balaban J connectivity index is 1.68. The quantitative estimate of drug-likeness (QED) is 0.555. The predicted molar refractivity (Wildman–Crippen MR) is 106 cm³/mol. The van der Waals surface area contributed by atoms with Gasteiger partial charge in [-0.2, -0.15) is 0 Å². The molecule has 0 fully saturated rings. The van der Waals surface area contributed by atoms with E-state index >= 15 is 0 Å². The van der Waals surface area contributed by atoms with E-state index in [4.69, 9.17) is 8.83 Å². The molecule has 2 aromatic heterocycles. The lowest BCUT2D eigenvalue weighted by atomic mass is 9.92. The molecule has 0 spiro atoms. The van der Waals surface area contributed by atoms with E-state index < -0.39 is 0 Å². The number of benzene rings is 1. The van der Waals surface area contributed by atoms with Crippen LogP contribution in [0.4, 0.5) is 5.69 Å². The molecule has 0 radical (unpaired) electrons. The minimum Gasteiger partial charge on any atom is -0.459 e. The highest BCUT2D eigenvalue weighted by Crippen LogP contribution is 2.32. The Bertz CT molecular complexity index is 875. The minimum absolute atomic E-state index is 0.104. The average molecular weight is 385 g/mol. The van der Waals surface area contributed by atoms with Gasteiger partial charge in [-0.05, 0) is 35.1 Å². The molecule has 3 rings (SSSR count). The summed E-state index contributed by atoms with van der Waals surface area (Å²) in [6, 6.07) is 9.66. The van der Waals surface area contributed by atoms with Crippen molar-refractivity contribution < 1.29 is 13.6 Å². The topological polar surface area (TPSA) is 81.2 Å². The Morgan fingerprint density at radius 2 is 1.78 bits per heavy atom. The fourth-order valence-corrected chi connectivity index (χ4v) is 3.33. The first kappa shape index (κ1) is 19.2. The lowest BCUT2D eigenvalue weighted by Gasteiger charge is -2.20. The minimum atomic E-state index is -0.104. The number of para-hydroxylation sites is 1. The van der Waals surface area contributed by atoms with E-state index in [1.165, 1.54) is 18.0 Å². The number of hydrogen-bond acceptors (Lipinski definition) is 6. The molecule has 0 saturated heterocycles. The van der Waals surface area contributed by atoms with Crippen LogP contribution in [-0.4, -0.2) is 21.9 Å². The van der Waals surface area contributed by atoms with Crippen LogP contribution in [0.1, 0.15) is 50.7 Å². The number of nitrogens with one attached hydrogen (secondary N) is 1. The molecule has 0 bridgehead atoms. The van der Waals surface area contributed by atoms with Crippen molar-refractivity contribution >= 4 is 23.4 Å². The maximum absolute atomic E-state index is 12.5. The Morgan fingerprint density at radius 1 is 1.07 bits per heavy atom. The molecule has 1 aromatic carbocycles. The van der Waals surface area contributed by atoms with Crippen LogP contribution in [0.5, 0.6) is 0 Å². The molecule has 0 saturated carbocycles. The summed E-state index contributed by atoms with van der Waals surface area (Å²) < 4.78 is 10.7. The lowest BCUT2D eigenvalue weighted by molar-refractivity contribution is -0.113. The van der Waals surface area contributed by atoms with Crippen LogP contribution < -0.4 is 5.32 Å². The molecule has 1 amide bonds. The van der Waals surface area contributed by atoms with Crippen molar-refractivity contribution in [1.29, 1.82) is 0 Å². The highest BCUT2D eigenvalue weighted by Gasteiger charge is 2.17. The first-order chi connectivity index (χ1) is 13.0. The second kappa shape index (κ2) is 8.43. The number of anilines is 1. The van der Waals surface area contributed by atoms with E-state index in [1.54, 1.807) is 12.1 Å². The summed E-state index contributed by atoms with van der Waals surface area (Å²) in [4.78, 5) is 12.5. The van der Waals surface area contributed by atoms with Crippen LogP contribution in [0.15, 0.2) is 50.7 Å². The molecular weight excluding hydrogens is 362 g/mol. The van der Waals surface area contributed by atoms with Crippen LogP contribution in [0, 0.1) is 0 Å². The molecule has 142 valence electrons. The number of nitrogens with zero attached hydrogens (tertiary/aromatic N) is 2. The monoisotopic (exact) mass is 385 g/mol. The van der Waals surface area contributed by atoms with Crippen LogP contribution in [0.25, 0.3) is 11.7 Å². The van der Waals surface area contributed by atoms with E-state index in [0.717, 1.165) is 16.8 Å². The smallest absolute Gasteiger partial charge is 0.284 e. The van der Waals surface area contributed by atoms with E-state index in [0.29, 0.717) is 28.7 Å². The zero-order valence-corrected chi connectivity index (χ0v) is 16.7. The van der Waals surface area contributed by atoms with E-state index in [9.17, 15) is 4.79 Å². The maximum Gasteiger partial charge on any atom is 0.284 e. The van der Waals surface area contributed by atoms with Gasteiger partial charge in [-0.15, -0.1) is 10.2 Å². The largest absolute Gasteiger partial charge is 0.459 e. The summed E-state index contributed by atoms with van der Waals surface area (Å²) in [5.41, 5.74) is 3.18. The van der Waals surface area contributed by atoms with Crippen molar-refractivity contribution in [1.82, 2.24) is 10.2 Å². The average Bonchev–Trinajstić information content (AvgIpc) is 3.31. The lowest BCUT2D eigenvalue weighted by Crippen LogP contribution is -2.17. The standard InChI is InChI=1S/C20H23N3O3S/c1-12(2)14-7-5-8-15(13(3)4)18(14)21-17(24)11-27-20-23-22-19(26-20)16-9-6-10-25-16/h5-10,12-13H,11H2,1-4H3,(H,21,24). The van der Waals surface area contributed by atoms with Gasteiger partial charge in [0.1, 0.15) is 0 Å². The van der Waals surface area contributed by atoms with Crippen molar-refractivity contribution in [2.24, 2.45) is 0 Å². The molecule has 0 aliphatic heterocycles. The van der Waals surface area contributed by atoms with Gasteiger partial charge in [-0.25, -0.2) is 0 Å². The van der Waals surface area contributed by atoms with Gasteiger partial charge < -0.3 is 14.2 Å². The number of thioether (sulfide) groups is 1. The van der Waals surface area contributed by atoms with Crippen molar-refractivity contribution in [3.8, 4) is 11.7 Å². The Labute approximate surface area is 162 Å². The molecule has 0 atom stereocenters. The summed E-state index contributed by atoms with van der Waals surface area (Å²) in [7, 11) is 0. The summed E-state index contributed by atoms with van der Waals surface area (Å²) in [5.74, 6) is 1.52. The third kappa shape index (κ3) is 4.60. The van der Waals surface area contributed by atoms with Crippen molar-refractivity contribution in [3.05, 3.63) is 47.7 Å². The van der Waals surface area contributed by atoms with Crippen LogP contribution >= 0.6 is 11.8 Å². The highest BCUT2D eigenvalue weighted by molar-refractivity contribution is 7.99. The number of aromatic nitrogens is 2. The van der Waals surface area contributed by atoms with Crippen molar-refractivity contribution in [2.75, 3.05) is 11.1 Å². The summed E-state index contributed by atoms with van der Waals surface area (Å²) in [6.45, 7) is 8.49. The van der Waals surface area contributed by atoms with E-state index in [-0.39, 0.29) is 11.7 Å². The molecule has 0 aliphatic carbocycles. The predicted octanol–water partition coefficient (Wildman–Crippen LogP) is 5.31. The molecule has 6 nitrogen and oxygen atoms in total. The second-order valence-corrected chi connectivity index (χ2v) is 7.73. The fourth-order valence-electron chi connectivity index (χ4n) is 2.77. The first-order valence-corrected chi connectivity index (χ1v) is 9.87. The number of carbonyl (C=O) groups excluding carboxylic acids is 1. The molecule has 0 aliphatic rings. The van der Waals surface area contributed by atoms with Gasteiger partial charge in [0.2, 0.25) is 5.91 Å². The normalized spacial score (nSPS) is 11.3. The maximum atomic E-state index is 12.5. The zero-order valence-electron chi connectivity index (χ0n) is 15.9. The van der Waals surface area contributed by atoms with Crippen LogP contribution in [-0.2, 0) is 4.79 Å². The zero-order chi connectivity index (χ0) is 19.4. The third-order valence-corrected chi connectivity index (χ3v) is 4.92. The molecule has 2 heterocycles.